The van der Waals surface area contributed by atoms with Crippen LogP contribution in [0.25, 0.3) is 11.0 Å². The zero-order valence-electron chi connectivity index (χ0n) is 6.07. The molecule has 0 N–H and O–H groups in total. The second kappa shape index (κ2) is 2.27. The molecule has 0 saturated heterocycles. The van der Waals surface area contributed by atoms with Crippen molar-refractivity contribution < 1.29 is 9.26 Å². The van der Waals surface area contributed by atoms with E-state index in [0.717, 1.165) is 16.7 Å². The highest BCUT2D eigenvalue weighted by Crippen LogP contribution is 2.19. The predicted molar refractivity (Wildman–Crippen MR) is 40.6 cm³/mol. The quantitative estimate of drug-likeness (QED) is 0.620. The lowest BCUT2D eigenvalue weighted by Gasteiger charge is -1.95. The third kappa shape index (κ3) is 0.941. The van der Waals surface area contributed by atoms with Crippen molar-refractivity contribution in [1.82, 2.24) is 5.16 Å². The molecule has 3 heteroatoms. The van der Waals surface area contributed by atoms with E-state index in [-0.39, 0.29) is 0 Å². The van der Waals surface area contributed by atoms with Gasteiger partial charge in [0.05, 0.1) is 13.3 Å². The molecular weight excluding hydrogens is 142 g/mol. The Hall–Kier alpha value is -1.51. The van der Waals surface area contributed by atoms with Gasteiger partial charge in [0.1, 0.15) is 5.75 Å². The molecule has 0 bridgehead atoms. The molecule has 0 saturated carbocycles. The van der Waals surface area contributed by atoms with Gasteiger partial charge in [-0.15, -0.1) is 0 Å². The van der Waals surface area contributed by atoms with Crippen molar-refractivity contribution >= 4 is 11.0 Å². The molecule has 0 unspecified atom stereocenters. The van der Waals surface area contributed by atoms with Crippen molar-refractivity contribution in [2.75, 3.05) is 7.11 Å². The summed E-state index contributed by atoms with van der Waals surface area (Å²) in [6.45, 7) is 0. The standard InChI is InChI=1S/C8H7NO2/c1-10-7-3-2-6-5-9-11-8(6)4-7/h2-5H,1H3. The van der Waals surface area contributed by atoms with Gasteiger partial charge < -0.3 is 9.26 Å². The second-order valence-corrected chi connectivity index (χ2v) is 2.23. The van der Waals surface area contributed by atoms with Gasteiger partial charge in [-0.25, -0.2) is 0 Å². The molecule has 0 fully saturated rings. The van der Waals surface area contributed by atoms with Crippen LogP contribution in [0.4, 0.5) is 0 Å². The monoisotopic (exact) mass is 149 g/mol. The summed E-state index contributed by atoms with van der Waals surface area (Å²) in [4.78, 5) is 0. The maximum absolute atomic E-state index is 5.00. The van der Waals surface area contributed by atoms with Gasteiger partial charge >= 0.3 is 0 Å². The molecule has 0 amide bonds. The molecule has 0 aliphatic heterocycles. The van der Waals surface area contributed by atoms with Crippen LogP contribution in [0.3, 0.4) is 0 Å². The number of nitrogens with zero attached hydrogens (tertiary/aromatic N) is 1. The molecule has 1 aromatic carbocycles. The normalized spacial score (nSPS) is 10.3. The molecule has 0 spiro atoms. The second-order valence-electron chi connectivity index (χ2n) is 2.23. The molecule has 11 heavy (non-hydrogen) atoms. The van der Waals surface area contributed by atoms with E-state index in [4.69, 9.17) is 9.26 Å². The summed E-state index contributed by atoms with van der Waals surface area (Å²) >= 11 is 0. The number of methoxy groups -OCH3 is 1. The zero-order chi connectivity index (χ0) is 7.68. The highest BCUT2D eigenvalue weighted by atomic mass is 16.5. The van der Waals surface area contributed by atoms with E-state index in [2.05, 4.69) is 5.16 Å². The van der Waals surface area contributed by atoms with Gasteiger partial charge in [-0.2, -0.15) is 0 Å². The largest absolute Gasteiger partial charge is 0.497 e. The van der Waals surface area contributed by atoms with E-state index >= 15 is 0 Å². The van der Waals surface area contributed by atoms with E-state index in [9.17, 15) is 0 Å². The summed E-state index contributed by atoms with van der Waals surface area (Å²) in [7, 11) is 1.62. The van der Waals surface area contributed by atoms with Gasteiger partial charge in [0.25, 0.3) is 0 Å². The third-order valence-corrected chi connectivity index (χ3v) is 1.56. The topological polar surface area (TPSA) is 35.3 Å². The SMILES string of the molecule is COc1ccc2cnoc2c1. The number of aromatic nitrogens is 1. The highest BCUT2D eigenvalue weighted by molar-refractivity contribution is 5.77. The van der Waals surface area contributed by atoms with Crippen molar-refractivity contribution in [3.05, 3.63) is 24.4 Å². The first-order chi connectivity index (χ1) is 5.40. The molecular formula is C8H7NO2. The third-order valence-electron chi connectivity index (χ3n) is 1.56. The average Bonchev–Trinajstić information content (AvgIpc) is 2.50. The number of fused-ring (bicyclic) bond motifs is 1. The predicted octanol–water partition coefficient (Wildman–Crippen LogP) is 1.84. The Labute approximate surface area is 63.6 Å². The molecule has 3 nitrogen and oxygen atoms in total. The number of hydrogen-bond donors (Lipinski definition) is 0. The maximum Gasteiger partial charge on any atom is 0.170 e. The molecule has 2 rings (SSSR count). The Kier molecular flexibility index (Phi) is 1.28. The molecule has 56 valence electrons. The van der Waals surface area contributed by atoms with Gasteiger partial charge in [-0.1, -0.05) is 5.16 Å². The first-order valence-corrected chi connectivity index (χ1v) is 3.28. The minimum Gasteiger partial charge on any atom is -0.497 e. The number of rotatable bonds is 1. The highest BCUT2D eigenvalue weighted by Gasteiger charge is 1.98. The van der Waals surface area contributed by atoms with Crippen LogP contribution in [-0.2, 0) is 0 Å². The van der Waals surface area contributed by atoms with Gasteiger partial charge in [-0.3, -0.25) is 0 Å². The Morgan fingerprint density at radius 3 is 3.18 bits per heavy atom. The lowest BCUT2D eigenvalue weighted by molar-refractivity contribution is 0.412. The van der Waals surface area contributed by atoms with E-state index in [1.807, 2.05) is 18.2 Å². The molecule has 1 aromatic heterocycles. The van der Waals surface area contributed by atoms with Gasteiger partial charge in [0, 0.05) is 11.5 Å². The average molecular weight is 149 g/mol. The molecule has 0 aliphatic carbocycles. The van der Waals surface area contributed by atoms with Crippen LogP contribution < -0.4 is 4.74 Å². The van der Waals surface area contributed by atoms with Gasteiger partial charge in [0.15, 0.2) is 5.58 Å². The Bertz CT molecular complexity index is 367. The van der Waals surface area contributed by atoms with Crippen LogP contribution in [0.2, 0.25) is 0 Å². The van der Waals surface area contributed by atoms with Crippen molar-refractivity contribution in [2.45, 2.75) is 0 Å². The molecule has 0 radical (unpaired) electrons. The lowest BCUT2D eigenvalue weighted by Crippen LogP contribution is -1.79. The maximum atomic E-state index is 5.00. The zero-order valence-corrected chi connectivity index (χ0v) is 6.07. The van der Waals surface area contributed by atoms with Crippen LogP contribution in [0.15, 0.2) is 28.9 Å². The van der Waals surface area contributed by atoms with Crippen LogP contribution in [0, 0.1) is 0 Å². The van der Waals surface area contributed by atoms with E-state index in [0.29, 0.717) is 0 Å². The van der Waals surface area contributed by atoms with E-state index in [1.165, 1.54) is 0 Å². The van der Waals surface area contributed by atoms with Crippen LogP contribution in [0.5, 0.6) is 5.75 Å². The Morgan fingerprint density at radius 1 is 1.45 bits per heavy atom. The Balaban J connectivity index is 2.67. The Morgan fingerprint density at radius 2 is 2.36 bits per heavy atom. The molecule has 1 heterocycles. The van der Waals surface area contributed by atoms with E-state index < -0.39 is 0 Å². The van der Waals surface area contributed by atoms with Crippen LogP contribution >= 0.6 is 0 Å². The minimum absolute atomic E-state index is 0.754. The van der Waals surface area contributed by atoms with E-state index in [1.54, 1.807) is 13.3 Å². The van der Waals surface area contributed by atoms with Gasteiger partial charge in [-0.05, 0) is 12.1 Å². The fourth-order valence-electron chi connectivity index (χ4n) is 0.967. The van der Waals surface area contributed by atoms with Crippen LogP contribution in [-0.4, -0.2) is 12.3 Å². The summed E-state index contributed by atoms with van der Waals surface area (Å²) in [6.07, 6.45) is 1.68. The van der Waals surface area contributed by atoms with Crippen molar-refractivity contribution in [3.63, 3.8) is 0 Å². The fraction of sp³-hybridized carbons (Fsp3) is 0.125. The van der Waals surface area contributed by atoms with Crippen molar-refractivity contribution in [1.29, 1.82) is 0 Å². The first-order valence-electron chi connectivity index (χ1n) is 3.28. The van der Waals surface area contributed by atoms with Crippen molar-refractivity contribution in [2.24, 2.45) is 0 Å². The summed E-state index contributed by atoms with van der Waals surface area (Å²) in [5.74, 6) is 0.786. The number of hydrogen-bond acceptors (Lipinski definition) is 3. The summed E-state index contributed by atoms with van der Waals surface area (Å²) in [6, 6.07) is 5.59. The van der Waals surface area contributed by atoms with Gasteiger partial charge in [0.2, 0.25) is 0 Å². The first kappa shape index (κ1) is 6.22. The minimum atomic E-state index is 0.754. The molecule has 2 aromatic rings. The summed E-state index contributed by atoms with van der Waals surface area (Å²) in [5, 5.41) is 4.64. The number of benzene rings is 1. The summed E-state index contributed by atoms with van der Waals surface area (Å²) in [5.41, 5.74) is 0.754. The smallest absolute Gasteiger partial charge is 0.170 e. The number of ether oxygens (including phenoxy) is 1. The summed E-state index contributed by atoms with van der Waals surface area (Å²) < 4.78 is 9.93. The molecule has 0 atom stereocenters. The lowest BCUT2D eigenvalue weighted by atomic mass is 10.2. The molecule has 0 aliphatic rings. The van der Waals surface area contributed by atoms with Crippen LogP contribution in [0.1, 0.15) is 0 Å². The fourth-order valence-corrected chi connectivity index (χ4v) is 0.967. The van der Waals surface area contributed by atoms with Crippen molar-refractivity contribution in [3.8, 4) is 5.75 Å².